The van der Waals surface area contributed by atoms with Crippen molar-refractivity contribution >= 4 is 32.8 Å². The van der Waals surface area contributed by atoms with Crippen LogP contribution in [0.2, 0.25) is 0 Å². The molecule has 1 amide bonds. The van der Waals surface area contributed by atoms with Gasteiger partial charge in [-0.3, -0.25) is 9.59 Å². The lowest BCUT2D eigenvalue weighted by Crippen LogP contribution is -2.39. The average Bonchev–Trinajstić information content (AvgIpc) is 3.66. The van der Waals surface area contributed by atoms with Gasteiger partial charge >= 0.3 is 10.2 Å². The minimum atomic E-state index is -3.99. The molecule has 0 spiro atoms. The maximum absolute atomic E-state index is 14.9. The Morgan fingerprint density at radius 3 is 2.44 bits per heavy atom. The number of ether oxygens (including phenoxy) is 1. The van der Waals surface area contributed by atoms with Crippen LogP contribution < -0.4 is 9.46 Å². The highest BCUT2D eigenvalue weighted by Crippen LogP contribution is 2.70. The normalized spacial score (nSPS) is 31.2. The van der Waals surface area contributed by atoms with Crippen molar-refractivity contribution in [1.29, 1.82) is 0 Å². The highest BCUT2D eigenvalue weighted by molar-refractivity contribution is 7.87. The summed E-state index contributed by atoms with van der Waals surface area (Å²) in [5.74, 6) is 0.883. The van der Waals surface area contributed by atoms with Crippen LogP contribution in [0.1, 0.15) is 112 Å². The summed E-state index contributed by atoms with van der Waals surface area (Å²) in [4.78, 5) is 28.3. The summed E-state index contributed by atoms with van der Waals surface area (Å²) in [5.41, 5.74) is 4.84. The molecule has 3 aromatic rings. The van der Waals surface area contributed by atoms with E-state index in [2.05, 4.69) is 42.2 Å². The molecular formula is C40H51N3O6S. The number of amides is 1. The van der Waals surface area contributed by atoms with E-state index in [9.17, 15) is 23.1 Å². The van der Waals surface area contributed by atoms with Crippen LogP contribution in [0.5, 0.6) is 5.75 Å². The number of ketones is 1. The molecule has 2 N–H and O–H groups in total. The van der Waals surface area contributed by atoms with Gasteiger partial charge in [0.25, 0.3) is 5.91 Å². The first-order valence-electron chi connectivity index (χ1n) is 18.4. The topological polar surface area (TPSA) is 118 Å². The monoisotopic (exact) mass is 701 g/mol. The highest BCUT2D eigenvalue weighted by atomic mass is 32.2. The number of carbonyl (C=O) groups excluding carboxylic acids is 2. The predicted molar refractivity (Wildman–Crippen MR) is 193 cm³/mol. The van der Waals surface area contributed by atoms with E-state index in [-0.39, 0.29) is 34.0 Å². The highest BCUT2D eigenvalue weighted by Gasteiger charge is 2.68. The van der Waals surface area contributed by atoms with Crippen LogP contribution in [0.15, 0.2) is 36.4 Å². The molecule has 6 atom stereocenters. The van der Waals surface area contributed by atoms with Crippen LogP contribution in [-0.2, 0) is 21.5 Å². The van der Waals surface area contributed by atoms with Crippen LogP contribution >= 0.6 is 0 Å². The van der Waals surface area contributed by atoms with E-state index in [0.29, 0.717) is 24.8 Å². The van der Waals surface area contributed by atoms with Crippen LogP contribution in [0.4, 0.5) is 0 Å². The molecule has 0 radical (unpaired) electrons. The van der Waals surface area contributed by atoms with Gasteiger partial charge in [-0.25, -0.2) is 4.72 Å². The van der Waals surface area contributed by atoms with Crippen LogP contribution in [0.25, 0.3) is 22.2 Å². The Bertz CT molecular complexity index is 2030. The molecule has 5 aliphatic rings. The van der Waals surface area contributed by atoms with E-state index in [4.69, 9.17) is 4.74 Å². The van der Waals surface area contributed by atoms with Crippen molar-refractivity contribution in [1.82, 2.24) is 13.6 Å². The SMILES string of the molecule is COc1ccc2c(c1)C1CC1(C(=O)C[C@@H]1C3CCC(C)([C@@H]1O)C3(C)C)Cn1c-2c(C2CCCCC2)c2ccc(C(=O)NS(=O)(=O)N(C)C)cc21. The van der Waals surface area contributed by atoms with Gasteiger partial charge in [0.15, 0.2) is 0 Å². The molecule has 50 heavy (non-hydrogen) atoms. The summed E-state index contributed by atoms with van der Waals surface area (Å²) in [6.45, 7) is 7.22. The summed E-state index contributed by atoms with van der Waals surface area (Å²) < 4.78 is 36.4. The summed E-state index contributed by atoms with van der Waals surface area (Å²) in [6, 6.07) is 11.8. The largest absolute Gasteiger partial charge is 0.497 e. The van der Waals surface area contributed by atoms with Gasteiger partial charge in [0.2, 0.25) is 0 Å². The minimum Gasteiger partial charge on any atom is -0.497 e. The first kappa shape index (κ1) is 33.9. The quantitative estimate of drug-likeness (QED) is 0.268. The third-order valence-electron chi connectivity index (χ3n) is 14.4. The van der Waals surface area contributed by atoms with Crippen molar-refractivity contribution in [3.05, 3.63) is 53.1 Å². The molecule has 268 valence electrons. The predicted octanol–water partition coefficient (Wildman–Crippen LogP) is 6.78. The van der Waals surface area contributed by atoms with Gasteiger partial charge in [-0.05, 0) is 102 Å². The Hall–Kier alpha value is -3.21. The fraction of sp³-hybridized carbons (Fsp3) is 0.600. The number of methoxy groups -OCH3 is 1. The fourth-order valence-corrected chi connectivity index (χ4v) is 11.5. The zero-order valence-electron chi connectivity index (χ0n) is 30.2. The van der Waals surface area contributed by atoms with Crippen molar-refractivity contribution in [2.24, 2.45) is 28.1 Å². The zero-order valence-corrected chi connectivity index (χ0v) is 31.0. The second kappa shape index (κ2) is 11.4. The lowest BCUT2D eigenvalue weighted by atomic mass is 9.70. The molecule has 4 fully saturated rings. The van der Waals surface area contributed by atoms with Crippen molar-refractivity contribution in [3.8, 4) is 17.0 Å². The van der Waals surface area contributed by atoms with Gasteiger partial charge in [-0.2, -0.15) is 12.7 Å². The smallest absolute Gasteiger partial charge is 0.303 e. The maximum atomic E-state index is 14.9. The summed E-state index contributed by atoms with van der Waals surface area (Å²) >= 11 is 0. The molecule has 4 aliphatic carbocycles. The summed E-state index contributed by atoms with van der Waals surface area (Å²) in [5, 5.41) is 12.7. The van der Waals surface area contributed by atoms with Crippen molar-refractivity contribution in [2.45, 2.75) is 103 Å². The molecule has 0 saturated heterocycles. The summed E-state index contributed by atoms with van der Waals surface area (Å²) in [7, 11) is 0.457. The van der Waals surface area contributed by atoms with Crippen LogP contribution in [-0.4, -0.2) is 61.4 Å². The van der Waals surface area contributed by atoms with Gasteiger partial charge in [0.1, 0.15) is 11.5 Å². The number of hydrogen-bond acceptors (Lipinski definition) is 6. The first-order valence-corrected chi connectivity index (χ1v) is 19.9. The molecule has 1 aliphatic heterocycles. The zero-order chi connectivity index (χ0) is 35.5. The number of fused-ring (bicyclic) bond motifs is 9. The van der Waals surface area contributed by atoms with Crippen LogP contribution in [0.3, 0.4) is 0 Å². The molecule has 8 rings (SSSR count). The molecule has 1 aromatic heterocycles. The second-order valence-corrected chi connectivity index (χ2v) is 18.9. The Morgan fingerprint density at radius 2 is 1.78 bits per heavy atom. The lowest BCUT2D eigenvalue weighted by molar-refractivity contribution is -0.127. The van der Waals surface area contributed by atoms with E-state index in [1.807, 2.05) is 18.2 Å². The minimum absolute atomic E-state index is 0.0188. The third kappa shape index (κ3) is 4.73. The molecule has 10 heteroatoms. The second-order valence-electron chi connectivity index (χ2n) is 17.0. The van der Waals surface area contributed by atoms with Crippen molar-refractivity contribution < 1.29 is 27.9 Å². The molecule has 4 saturated carbocycles. The van der Waals surface area contributed by atoms with Crippen molar-refractivity contribution in [2.75, 3.05) is 21.2 Å². The molecular weight excluding hydrogens is 651 g/mol. The number of rotatable bonds is 8. The van der Waals surface area contributed by atoms with Crippen molar-refractivity contribution in [3.63, 3.8) is 0 Å². The lowest BCUT2D eigenvalue weighted by Gasteiger charge is -2.37. The van der Waals surface area contributed by atoms with E-state index in [0.717, 1.165) is 82.7 Å². The van der Waals surface area contributed by atoms with Gasteiger partial charge in [-0.15, -0.1) is 0 Å². The Kier molecular flexibility index (Phi) is 7.73. The molecule has 2 aromatic carbocycles. The number of aliphatic hydroxyl groups excluding tert-OH is 1. The Balaban J connectivity index is 1.28. The standard InChI is InChI=1S/C40H51N3O6S/c1-38(2)30-16-17-39(38,3)36(45)29(30)20-33(44)40-21-31(40)28-19-25(49-6)13-15-26(28)35-34(23-10-8-7-9-11-23)27-14-12-24(18-32(27)43(35)22-40)37(46)41-50(47,48)42(4)5/h12-15,18-19,23,29-31,36,45H,7-11,16-17,20-22H2,1-6H3,(H,41,46)/t29-,30?,31?,36-,39?,40?/m1/s1. The average molecular weight is 702 g/mol. The number of carbonyl (C=O) groups is 2. The number of nitrogens with zero attached hydrogens (tertiary/aromatic N) is 2. The number of hydrogen-bond donors (Lipinski definition) is 2. The third-order valence-corrected chi connectivity index (χ3v) is 15.8. The van der Waals surface area contributed by atoms with Gasteiger partial charge in [0.05, 0.1) is 24.3 Å². The number of nitrogens with one attached hydrogen (secondary N) is 1. The molecule has 2 bridgehead atoms. The number of aliphatic hydroxyl groups is 1. The van der Waals surface area contributed by atoms with E-state index < -0.39 is 27.6 Å². The Morgan fingerprint density at radius 1 is 1.04 bits per heavy atom. The van der Waals surface area contributed by atoms with Gasteiger partial charge < -0.3 is 14.4 Å². The van der Waals surface area contributed by atoms with Gasteiger partial charge in [-0.1, -0.05) is 46.1 Å². The number of benzene rings is 2. The van der Waals surface area contributed by atoms with E-state index in [1.54, 1.807) is 13.2 Å². The summed E-state index contributed by atoms with van der Waals surface area (Å²) in [6.07, 6.45) is 8.28. The molecule has 4 unspecified atom stereocenters. The number of Topliss-reactive ketones (excluding diaryl/α,β-unsaturated/α-hetero) is 1. The Labute approximate surface area is 295 Å². The number of aromatic nitrogens is 1. The van der Waals surface area contributed by atoms with Crippen LogP contribution in [0, 0.1) is 28.1 Å². The fourth-order valence-electron chi connectivity index (χ4n) is 11.0. The van der Waals surface area contributed by atoms with E-state index in [1.165, 1.54) is 26.1 Å². The molecule has 9 nitrogen and oxygen atoms in total. The van der Waals surface area contributed by atoms with E-state index >= 15 is 0 Å². The first-order chi connectivity index (χ1) is 23.6. The van der Waals surface area contributed by atoms with Gasteiger partial charge in [0, 0.05) is 55.0 Å². The maximum Gasteiger partial charge on any atom is 0.303 e. The molecule has 2 heterocycles.